The maximum absolute atomic E-state index is 12.1. The predicted molar refractivity (Wildman–Crippen MR) is 191 cm³/mol. The second-order valence-corrected chi connectivity index (χ2v) is 12.1. The molecule has 49 heavy (non-hydrogen) atoms. The zero-order valence-corrected chi connectivity index (χ0v) is 29.3. The molecular weight excluding hydrogens is 626 g/mol. The lowest BCUT2D eigenvalue weighted by atomic mass is 9.99. The summed E-state index contributed by atoms with van der Waals surface area (Å²) in [6, 6.07) is 8.52. The number of rotatable bonds is 29. The summed E-state index contributed by atoms with van der Waals surface area (Å²) in [7, 11) is 0. The van der Waals surface area contributed by atoms with Crippen LogP contribution in [-0.2, 0) is 46.2 Å². The van der Waals surface area contributed by atoms with Crippen LogP contribution in [0.25, 0.3) is 10.9 Å². The fourth-order valence-corrected chi connectivity index (χ4v) is 5.44. The Morgan fingerprint density at radius 1 is 0.755 bits per heavy atom. The van der Waals surface area contributed by atoms with Crippen molar-refractivity contribution in [2.45, 2.75) is 71.1 Å². The van der Waals surface area contributed by atoms with Crippen molar-refractivity contribution >= 4 is 34.4 Å². The molecule has 0 spiro atoms. The summed E-state index contributed by atoms with van der Waals surface area (Å²) >= 11 is 0. The van der Waals surface area contributed by atoms with Gasteiger partial charge in [-0.2, -0.15) is 0 Å². The van der Waals surface area contributed by atoms with Gasteiger partial charge in [-0.1, -0.05) is 38.3 Å². The molecule has 1 aromatic heterocycles. The molecule has 1 aromatic carbocycles. The number of nitrogens with zero attached hydrogens (tertiary/aromatic N) is 2. The lowest BCUT2D eigenvalue weighted by Crippen LogP contribution is -2.33. The molecule has 0 radical (unpaired) electrons. The third-order valence-electron chi connectivity index (χ3n) is 8.21. The van der Waals surface area contributed by atoms with E-state index < -0.39 is 0 Å². The summed E-state index contributed by atoms with van der Waals surface area (Å²) in [6.45, 7) is 8.41. The van der Waals surface area contributed by atoms with Crippen LogP contribution in [0.15, 0.2) is 36.4 Å². The highest BCUT2D eigenvalue weighted by Crippen LogP contribution is 2.25. The Morgan fingerprint density at radius 2 is 1.41 bits per heavy atom. The summed E-state index contributed by atoms with van der Waals surface area (Å²) < 4.78 is 22.0. The number of amides is 3. The zero-order valence-electron chi connectivity index (χ0n) is 29.3. The van der Waals surface area contributed by atoms with E-state index in [1.165, 1.54) is 40.8 Å². The monoisotopic (exact) mass is 683 g/mol. The number of anilines is 1. The van der Waals surface area contributed by atoms with Crippen LogP contribution in [0.5, 0.6) is 0 Å². The number of aryl methyl sites for hydroxylation is 2. The molecule has 3 amide bonds. The van der Waals surface area contributed by atoms with Crippen molar-refractivity contribution in [1.29, 1.82) is 0 Å². The van der Waals surface area contributed by atoms with Gasteiger partial charge in [0.15, 0.2) is 0 Å². The minimum atomic E-state index is -0.243. The number of nitrogens with one attached hydrogen (secondary N) is 2. The number of hydrogen-bond acceptors (Lipinski definition) is 10. The van der Waals surface area contributed by atoms with Gasteiger partial charge in [0.2, 0.25) is 5.91 Å². The van der Waals surface area contributed by atoms with Crippen molar-refractivity contribution in [1.82, 2.24) is 20.5 Å². The van der Waals surface area contributed by atoms with Gasteiger partial charge in [-0.3, -0.25) is 19.3 Å². The number of benzene rings is 1. The van der Waals surface area contributed by atoms with E-state index >= 15 is 0 Å². The first-order valence-electron chi connectivity index (χ1n) is 18.0. The first-order valence-corrected chi connectivity index (χ1v) is 18.0. The average molecular weight is 684 g/mol. The molecule has 0 saturated heterocycles. The Morgan fingerprint density at radius 3 is 2.12 bits per heavy atom. The van der Waals surface area contributed by atoms with Crippen molar-refractivity contribution in [3.8, 4) is 0 Å². The van der Waals surface area contributed by atoms with Gasteiger partial charge in [-0.25, -0.2) is 4.98 Å². The second kappa shape index (κ2) is 24.7. The lowest BCUT2D eigenvalue weighted by molar-refractivity contribution is -0.136. The molecule has 0 unspecified atom stereocenters. The van der Waals surface area contributed by atoms with Crippen LogP contribution in [0.4, 0.5) is 5.82 Å². The van der Waals surface area contributed by atoms with Crippen LogP contribution in [0.1, 0.15) is 69.4 Å². The molecule has 0 saturated carbocycles. The van der Waals surface area contributed by atoms with Gasteiger partial charge in [0.1, 0.15) is 5.82 Å². The van der Waals surface area contributed by atoms with E-state index in [9.17, 15) is 14.4 Å². The Labute approximate surface area is 291 Å². The van der Waals surface area contributed by atoms with Crippen LogP contribution >= 0.6 is 0 Å². The van der Waals surface area contributed by atoms with Crippen LogP contribution in [0.2, 0.25) is 0 Å². The van der Waals surface area contributed by atoms with E-state index in [1.54, 1.807) is 0 Å². The van der Waals surface area contributed by atoms with Gasteiger partial charge in [-0.05, 0) is 68.3 Å². The lowest BCUT2D eigenvalue weighted by Gasteiger charge is -2.13. The number of fused-ring (bicyclic) bond motifs is 1. The molecule has 1 aliphatic rings. The van der Waals surface area contributed by atoms with Gasteiger partial charge in [0.05, 0.1) is 58.4 Å². The van der Waals surface area contributed by atoms with E-state index in [-0.39, 0.29) is 17.7 Å². The predicted octanol–water partition coefficient (Wildman–Crippen LogP) is 3.74. The number of nitrogens with two attached hydrogens (primary N) is 1. The second-order valence-electron chi connectivity index (χ2n) is 12.1. The summed E-state index contributed by atoms with van der Waals surface area (Å²) in [5, 5.41) is 7.42. The fourth-order valence-electron chi connectivity index (χ4n) is 5.44. The number of ether oxygens (including phenoxy) is 4. The fraction of sp³-hybridized carbons (Fsp3) is 0.622. The maximum atomic E-state index is 12.1. The molecule has 0 bridgehead atoms. The van der Waals surface area contributed by atoms with Gasteiger partial charge < -0.3 is 35.3 Å². The summed E-state index contributed by atoms with van der Waals surface area (Å²) in [4.78, 5) is 41.0. The summed E-state index contributed by atoms with van der Waals surface area (Å²) in [6.07, 6.45) is 12.2. The molecule has 3 rings (SSSR count). The molecule has 272 valence electrons. The molecule has 1 aliphatic heterocycles. The summed E-state index contributed by atoms with van der Waals surface area (Å²) in [5.74, 6) is 0.170. The molecule has 12 heteroatoms. The SMILES string of the molecule is CCCCCc1cc2c(CCCCCNC(=O)CCOCCOCCOCCOCCNCCCN3C(=O)C=CC3=O)cccc2nc1N. The maximum Gasteiger partial charge on any atom is 0.253 e. The van der Waals surface area contributed by atoms with Crippen LogP contribution in [0.3, 0.4) is 0 Å². The van der Waals surface area contributed by atoms with Crippen LogP contribution in [0, 0.1) is 0 Å². The normalized spacial score (nSPS) is 12.9. The molecule has 2 heterocycles. The van der Waals surface area contributed by atoms with E-state index in [0.717, 1.165) is 49.6 Å². The van der Waals surface area contributed by atoms with Crippen molar-refractivity contribution < 1.29 is 33.3 Å². The zero-order chi connectivity index (χ0) is 34.9. The standard InChI is InChI=1S/C37H57N5O7/c1-2-3-5-11-31-29-32-30(12-8-13-33(32)41-37(31)38)10-6-4-7-18-40-34(43)16-21-46-23-25-48-27-28-49-26-24-47-22-19-39-17-9-20-42-35(44)14-15-36(42)45/h8,12-15,29,39H,2-7,9-11,16-28H2,1H3,(H2,38,41)(H,40,43). The molecular formula is C37H57N5O7. The topological polar surface area (TPSA) is 154 Å². The van der Waals surface area contributed by atoms with Gasteiger partial charge in [0.25, 0.3) is 11.8 Å². The minimum absolute atomic E-state index is 0.00584. The van der Waals surface area contributed by atoms with Gasteiger partial charge in [-0.15, -0.1) is 0 Å². The molecule has 0 aliphatic carbocycles. The van der Waals surface area contributed by atoms with Gasteiger partial charge in [0, 0.05) is 43.6 Å². The van der Waals surface area contributed by atoms with E-state index in [2.05, 4.69) is 40.7 Å². The Hall–Kier alpha value is -3.42. The average Bonchev–Trinajstić information content (AvgIpc) is 3.42. The Kier molecular flexibility index (Phi) is 20.1. The van der Waals surface area contributed by atoms with Crippen LogP contribution in [-0.4, -0.2) is 107 Å². The number of carbonyl (C=O) groups is 3. The number of pyridine rings is 1. The van der Waals surface area contributed by atoms with E-state index in [4.69, 9.17) is 24.7 Å². The molecule has 2 aromatic rings. The first-order chi connectivity index (χ1) is 24.0. The Bertz CT molecular complexity index is 1290. The highest BCUT2D eigenvalue weighted by Gasteiger charge is 2.22. The van der Waals surface area contributed by atoms with Gasteiger partial charge >= 0.3 is 0 Å². The van der Waals surface area contributed by atoms with Crippen molar-refractivity contribution in [3.63, 3.8) is 0 Å². The number of imide groups is 1. The van der Waals surface area contributed by atoms with Crippen molar-refractivity contribution in [3.05, 3.63) is 47.5 Å². The third kappa shape index (κ3) is 16.2. The number of carbonyl (C=O) groups excluding carboxylic acids is 3. The molecule has 12 nitrogen and oxygen atoms in total. The van der Waals surface area contributed by atoms with Crippen LogP contribution < -0.4 is 16.4 Å². The van der Waals surface area contributed by atoms with Crippen molar-refractivity contribution in [2.24, 2.45) is 0 Å². The van der Waals surface area contributed by atoms with Crippen molar-refractivity contribution in [2.75, 3.05) is 84.8 Å². The molecule has 4 N–H and O–H groups in total. The molecule has 0 fully saturated rings. The third-order valence-corrected chi connectivity index (χ3v) is 8.21. The smallest absolute Gasteiger partial charge is 0.253 e. The number of nitrogen functional groups attached to an aromatic ring is 1. The largest absolute Gasteiger partial charge is 0.383 e. The highest BCUT2D eigenvalue weighted by atomic mass is 16.6. The minimum Gasteiger partial charge on any atom is -0.383 e. The molecule has 0 atom stereocenters. The number of hydrogen-bond donors (Lipinski definition) is 3. The van der Waals surface area contributed by atoms with E-state index in [1.807, 2.05) is 6.07 Å². The number of aromatic nitrogens is 1. The van der Waals surface area contributed by atoms with E-state index in [0.29, 0.717) is 97.7 Å². The number of unbranched alkanes of at least 4 members (excludes halogenated alkanes) is 4. The summed E-state index contributed by atoms with van der Waals surface area (Å²) in [5.41, 5.74) is 9.66. The highest BCUT2D eigenvalue weighted by molar-refractivity contribution is 6.12. The first kappa shape index (κ1) is 40.0. The quantitative estimate of drug-likeness (QED) is 0.0854. The Balaban J connectivity index is 1.06.